The van der Waals surface area contributed by atoms with E-state index in [-0.39, 0.29) is 17.7 Å². The van der Waals surface area contributed by atoms with E-state index in [9.17, 15) is 9.50 Å². The van der Waals surface area contributed by atoms with E-state index < -0.39 is 5.79 Å². The summed E-state index contributed by atoms with van der Waals surface area (Å²) in [6.07, 6.45) is 5.57. The van der Waals surface area contributed by atoms with Gasteiger partial charge in [0.05, 0.1) is 6.61 Å². The largest absolute Gasteiger partial charge is 0.493 e. The van der Waals surface area contributed by atoms with Crippen LogP contribution in [-0.4, -0.2) is 24.6 Å². The van der Waals surface area contributed by atoms with Gasteiger partial charge in [-0.05, 0) is 114 Å². The summed E-state index contributed by atoms with van der Waals surface area (Å²) in [5.74, 6) is 2.59. The van der Waals surface area contributed by atoms with Crippen LogP contribution >= 0.6 is 0 Å². The average molecular weight is 593 g/mol. The molecule has 0 aliphatic heterocycles. The molecule has 7 rings (SSSR count). The Balaban J connectivity index is 1.07. The number of ether oxygens (including phenoxy) is 3. The Bertz CT molecular complexity index is 1540. The van der Waals surface area contributed by atoms with Crippen molar-refractivity contribution in [2.24, 2.45) is 17.8 Å². The number of hydrogen-bond acceptors (Lipinski definition) is 4. The van der Waals surface area contributed by atoms with Crippen molar-refractivity contribution in [1.29, 1.82) is 0 Å². The highest BCUT2D eigenvalue weighted by atomic mass is 19.1. The first kappa shape index (κ1) is 29.1. The van der Waals surface area contributed by atoms with Gasteiger partial charge in [-0.3, -0.25) is 0 Å². The molecule has 228 valence electrons. The summed E-state index contributed by atoms with van der Waals surface area (Å²) >= 11 is 0. The molecule has 0 saturated heterocycles. The Morgan fingerprint density at radius 1 is 0.795 bits per heavy atom. The number of fused-ring (bicyclic) bond motifs is 2. The molecule has 4 atom stereocenters. The van der Waals surface area contributed by atoms with Gasteiger partial charge in [-0.15, -0.1) is 0 Å². The number of methoxy groups -OCH3 is 1. The standard InChI is InChI=1S/C39H41FO4/c1-42-39(41)22-31-19-27(20-32(31)23-39)25-43-34-14-9-29(10-15-34)38-36(28-7-12-33(40)13-8-28)17-11-30-21-35(16-18-37(30)38)44-24-26-5-3-2-4-6-26/h2-10,12-16,18,21,27,31-32,36,38,41H,11,17,19-20,22-25H2,1H3. The molecule has 4 aromatic rings. The van der Waals surface area contributed by atoms with E-state index in [4.69, 9.17) is 14.2 Å². The SMILES string of the molecule is COC1(O)CC2CC(COc3ccc(C4c5ccc(OCc6ccccc6)cc5CCC4c4ccc(F)cc4)cc3)CC2C1. The van der Waals surface area contributed by atoms with Gasteiger partial charge in [-0.25, -0.2) is 4.39 Å². The number of halogens is 1. The van der Waals surface area contributed by atoms with Gasteiger partial charge >= 0.3 is 0 Å². The van der Waals surface area contributed by atoms with Crippen LogP contribution in [0.2, 0.25) is 0 Å². The second kappa shape index (κ2) is 12.4. The third-order valence-electron chi connectivity index (χ3n) is 10.3. The van der Waals surface area contributed by atoms with E-state index in [1.807, 2.05) is 30.3 Å². The van der Waals surface area contributed by atoms with E-state index in [0.29, 0.717) is 31.0 Å². The molecule has 0 aromatic heterocycles. The first-order chi connectivity index (χ1) is 21.5. The fraction of sp³-hybridized carbons (Fsp3) is 0.385. The highest BCUT2D eigenvalue weighted by Crippen LogP contribution is 2.51. The van der Waals surface area contributed by atoms with Crippen molar-refractivity contribution >= 4 is 0 Å². The summed E-state index contributed by atoms with van der Waals surface area (Å²) in [6, 6.07) is 32.4. The predicted molar refractivity (Wildman–Crippen MR) is 169 cm³/mol. The number of benzene rings is 4. The van der Waals surface area contributed by atoms with Gasteiger partial charge in [0.15, 0.2) is 5.79 Å². The summed E-state index contributed by atoms with van der Waals surface area (Å²) in [5.41, 5.74) is 6.17. The molecule has 5 heteroatoms. The van der Waals surface area contributed by atoms with E-state index in [1.54, 1.807) is 19.2 Å². The molecule has 44 heavy (non-hydrogen) atoms. The molecular weight excluding hydrogens is 551 g/mol. The molecule has 0 heterocycles. The first-order valence-electron chi connectivity index (χ1n) is 16.0. The van der Waals surface area contributed by atoms with Crippen molar-refractivity contribution in [2.75, 3.05) is 13.7 Å². The van der Waals surface area contributed by atoms with Gasteiger partial charge in [0.25, 0.3) is 0 Å². The molecule has 2 saturated carbocycles. The Morgan fingerprint density at radius 2 is 1.48 bits per heavy atom. The molecule has 3 aliphatic rings. The lowest BCUT2D eigenvalue weighted by atomic mass is 9.69. The van der Waals surface area contributed by atoms with Crippen LogP contribution in [0.3, 0.4) is 0 Å². The molecular formula is C39H41FO4. The Kier molecular flexibility index (Phi) is 8.17. The Labute approximate surface area is 259 Å². The summed E-state index contributed by atoms with van der Waals surface area (Å²) in [5, 5.41) is 10.5. The lowest BCUT2D eigenvalue weighted by Gasteiger charge is -2.35. The van der Waals surface area contributed by atoms with Crippen molar-refractivity contribution in [1.82, 2.24) is 0 Å². The fourth-order valence-electron chi connectivity index (χ4n) is 8.14. The summed E-state index contributed by atoms with van der Waals surface area (Å²) in [7, 11) is 1.61. The molecule has 4 nitrogen and oxygen atoms in total. The number of aryl methyl sites for hydroxylation is 1. The van der Waals surface area contributed by atoms with Crippen LogP contribution in [-0.2, 0) is 17.8 Å². The normalized spacial score (nSPS) is 27.5. The van der Waals surface area contributed by atoms with Crippen LogP contribution in [0, 0.1) is 23.6 Å². The predicted octanol–water partition coefficient (Wildman–Crippen LogP) is 8.42. The fourth-order valence-corrected chi connectivity index (χ4v) is 8.14. The van der Waals surface area contributed by atoms with Crippen LogP contribution < -0.4 is 9.47 Å². The minimum atomic E-state index is -0.933. The van der Waals surface area contributed by atoms with Gasteiger partial charge < -0.3 is 19.3 Å². The van der Waals surface area contributed by atoms with Crippen LogP contribution in [0.15, 0.2) is 97.1 Å². The third kappa shape index (κ3) is 6.13. The highest BCUT2D eigenvalue weighted by Gasteiger charge is 2.49. The molecule has 0 spiro atoms. The second-order valence-corrected chi connectivity index (χ2v) is 13.1. The van der Waals surface area contributed by atoms with E-state index in [2.05, 4.69) is 54.6 Å². The molecule has 3 aliphatic carbocycles. The van der Waals surface area contributed by atoms with Gasteiger partial charge in [0.2, 0.25) is 0 Å². The molecule has 0 bridgehead atoms. The second-order valence-electron chi connectivity index (χ2n) is 13.1. The molecule has 0 radical (unpaired) electrons. The van der Waals surface area contributed by atoms with Crippen molar-refractivity contribution in [3.05, 3.63) is 131 Å². The summed E-state index contributed by atoms with van der Waals surface area (Å²) < 4.78 is 31.7. The van der Waals surface area contributed by atoms with Crippen LogP contribution in [0.5, 0.6) is 11.5 Å². The number of rotatable bonds is 9. The lowest BCUT2D eigenvalue weighted by molar-refractivity contribution is -0.183. The zero-order chi connectivity index (χ0) is 30.1. The van der Waals surface area contributed by atoms with Gasteiger partial charge in [0.1, 0.15) is 23.9 Å². The maximum absolute atomic E-state index is 13.9. The van der Waals surface area contributed by atoms with Crippen molar-refractivity contribution in [3.8, 4) is 11.5 Å². The van der Waals surface area contributed by atoms with Crippen molar-refractivity contribution in [2.45, 2.75) is 62.8 Å². The number of aliphatic hydroxyl groups is 1. The minimum absolute atomic E-state index is 0.148. The maximum atomic E-state index is 13.9. The number of hydrogen-bond donors (Lipinski definition) is 1. The van der Waals surface area contributed by atoms with E-state index in [1.165, 1.54) is 22.3 Å². The molecule has 2 fully saturated rings. The lowest BCUT2D eigenvalue weighted by Crippen LogP contribution is -2.28. The molecule has 4 aromatic carbocycles. The zero-order valence-electron chi connectivity index (χ0n) is 25.3. The highest BCUT2D eigenvalue weighted by molar-refractivity contribution is 5.48. The Hall–Kier alpha value is -3.67. The van der Waals surface area contributed by atoms with Gasteiger partial charge in [0, 0.05) is 25.9 Å². The third-order valence-corrected chi connectivity index (χ3v) is 10.3. The maximum Gasteiger partial charge on any atom is 0.165 e. The summed E-state index contributed by atoms with van der Waals surface area (Å²) in [6.45, 7) is 1.24. The van der Waals surface area contributed by atoms with Gasteiger partial charge in [-0.1, -0.05) is 60.7 Å². The van der Waals surface area contributed by atoms with Crippen molar-refractivity contribution in [3.63, 3.8) is 0 Å². The molecule has 0 amide bonds. The smallest absolute Gasteiger partial charge is 0.165 e. The molecule has 4 unspecified atom stereocenters. The minimum Gasteiger partial charge on any atom is -0.493 e. The first-order valence-corrected chi connectivity index (χ1v) is 16.0. The van der Waals surface area contributed by atoms with Gasteiger partial charge in [-0.2, -0.15) is 0 Å². The summed E-state index contributed by atoms with van der Waals surface area (Å²) in [4.78, 5) is 0. The Morgan fingerprint density at radius 3 is 2.18 bits per heavy atom. The van der Waals surface area contributed by atoms with E-state index in [0.717, 1.165) is 55.6 Å². The van der Waals surface area contributed by atoms with Crippen LogP contribution in [0.1, 0.15) is 71.8 Å². The van der Waals surface area contributed by atoms with E-state index >= 15 is 0 Å². The van der Waals surface area contributed by atoms with Crippen molar-refractivity contribution < 1.29 is 23.7 Å². The monoisotopic (exact) mass is 592 g/mol. The average Bonchev–Trinajstić information content (AvgIpc) is 3.58. The van der Waals surface area contributed by atoms with Crippen LogP contribution in [0.25, 0.3) is 0 Å². The van der Waals surface area contributed by atoms with Crippen LogP contribution in [0.4, 0.5) is 4.39 Å². The molecule has 1 N–H and O–H groups in total. The quantitative estimate of drug-likeness (QED) is 0.198. The zero-order valence-corrected chi connectivity index (χ0v) is 25.3. The topological polar surface area (TPSA) is 47.9 Å².